The van der Waals surface area contributed by atoms with Gasteiger partial charge in [0.1, 0.15) is 0 Å². The lowest BCUT2D eigenvalue weighted by molar-refractivity contribution is 0.0987. The van der Waals surface area contributed by atoms with Crippen LogP contribution in [0, 0.1) is 0 Å². The number of amides is 1. The van der Waals surface area contributed by atoms with Gasteiger partial charge in [-0.15, -0.1) is 0 Å². The number of hydrogen-bond donors (Lipinski definition) is 0. The molecule has 0 aliphatic carbocycles. The zero-order valence-corrected chi connectivity index (χ0v) is 24.4. The van der Waals surface area contributed by atoms with Crippen molar-refractivity contribution in [3.05, 3.63) is 124 Å². The van der Waals surface area contributed by atoms with Crippen LogP contribution in [0.2, 0.25) is 0 Å². The van der Waals surface area contributed by atoms with E-state index in [0.29, 0.717) is 30.2 Å². The van der Waals surface area contributed by atoms with Crippen LogP contribution in [0.25, 0.3) is 10.2 Å². The number of aromatic nitrogens is 1. The highest BCUT2D eigenvalue weighted by molar-refractivity contribution is 9.10. The molecule has 0 N–H and O–H groups in total. The van der Waals surface area contributed by atoms with E-state index in [0.717, 1.165) is 25.8 Å². The number of sulfonamides is 1. The summed E-state index contributed by atoms with van der Waals surface area (Å²) in [5, 5.41) is 6.16. The maximum Gasteiger partial charge on any atom is 0.280 e. The first kappa shape index (κ1) is 26.5. The van der Waals surface area contributed by atoms with Crippen LogP contribution < -0.4 is 5.01 Å². The molecule has 5 aromatic rings. The lowest BCUT2D eigenvalue weighted by Gasteiger charge is -2.28. The Hall–Kier alpha value is -3.70. The number of rotatable bonds is 6. The van der Waals surface area contributed by atoms with E-state index >= 15 is 0 Å². The minimum Gasteiger partial charge on any atom is -0.267 e. The molecule has 0 fully saturated rings. The minimum absolute atomic E-state index is 0.146. The first-order chi connectivity index (χ1) is 19.4. The van der Waals surface area contributed by atoms with Crippen molar-refractivity contribution in [3.63, 3.8) is 0 Å². The van der Waals surface area contributed by atoms with Crippen molar-refractivity contribution in [2.24, 2.45) is 5.10 Å². The quantitative estimate of drug-likeness (QED) is 0.159. The molecule has 0 saturated heterocycles. The Morgan fingerprint density at radius 3 is 2.45 bits per heavy atom. The Labute approximate surface area is 244 Å². The fraction of sp³-hybridized carbons (Fsp3) is 0.100. The number of anilines is 1. The number of nitrogens with zero attached hydrogens (tertiary/aromatic N) is 4. The van der Waals surface area contributed by atoms with Crippen LogP contribution in [0.5, 0.6) is 0 Å². The highest BCUT2D eigenvalue weighted by Gasteiger charge is 2.29. The molecule has 0 saturated carbocycles. The highest BCUT2D eigenvalue weighted by Crippen LogP contribution is 2.32. The number of carbonyl (C=O) groups excluding carboxylic acids is 1. The Morgan fingerprint density at radius 2 is 1.68 bits per heavy atom. The third-order valence-corrected chi connectivity index (χ3v) is 10.0. The molecule has 10 heteroatoms. The second kappa shape index (κ2) is 11.1. The number of halogens is 1. The molecule has 1 aliphatic heterocycles. The molecular formula is C30H23BrN4O3S2. The summed E-state index contributed by atoms with van der Waals surface area (Å²) >= 11 is 4.83. The topological polar surface area (TPSA) is 82.9 Å². The molecule has 0 unspecified atom stereocenters. The van der Waals surface area contributed by atoms with Crippen molar-refractivity contribution in [1.29, 1.82) is 0 Å². The number of benzene rings is 4. The molecular weight excluding hydrogens is 608 g/mol. The molecule has 0 radical (unpaired) electrons. The Kier molecular flexibility index (Phi) is 7.33. The van der Waals surface area contributed by atoms with E-state index in [1.54, 1.807) is 6.21 Å². The molecule has 6 rings (SSSR count). The van der Waals surface area contributed by atoms with Gasteiger partial charge < -0.3 is 0 Å². The maximum absolute atomic E-state index is 13.7. The van der Waals surface area contributed by atoms with Crippen molar-refractivity contribution < 1.29 is 13.2 Å². The van der Waals surface area contributed by atoms with Crippen LogP contribution in [-0.2, 0) is 23.0 Å². The van der Waals surface area contributed by atoms with Gasteiger partial charge >= 0.3 is 0 Å². The summed E-state index contributed by atoms with van der Waals surface area (Å²) < 4.78 is 30.1. The molecule has 40 heavy (non-hydrogen) atoms. The van der Waals surface area contributed by atoms with Crippen LogP contribution in [0.3, 0.4) is 0 Å². The molecule has 4 aromatic carbocycles. The van der Waals surface area contributed by atoms with Gasteiger partial charge in [-0.3, -0.25) is 4.79 Å². The number of fused-ring (bicyclic) bond motifs is 2. The van der Waals surface area contributed by atoms with Gasteiger partial charge in [0, 0.05) is 23.1 Å². The SMILES string of the molecule is O=C(c1ccc(S(=O)(=O)N2CCc3ccccc3C2)cc1)N(/N=C/c1ccccc1)c1nc2ccc(Br)cc2s1. The first-order valence-electron chi connectivity index (χ1n) is 12.5. The Bertz CT molecular complexity index is 1840. The molecule has 0 atom stereocenters. The zero-order valence-electron chi connectivity index (χ0n) is 21.1. The van der Waals surface area contributed by atoms with Crippen LogP contribution in [-0.4, -0.2) is 36.4 Å². The molecule has 0 bridgehead atoms. The second-order valence-electron chi connectivity index (χ2n) is 9.26. The summed E-state index contributed by atoms with van der Waals surface area (Å²) in [6, 6.07) is 29.1. The van der Waals surface area contributed by atoms with E-state index in [1.165, 1.54) is 50.5 Å². The summed E-state index contributed by atoms with van der Waals surface area (Å²) in [6.45, 7) is 0.741. The predicted octanol–water partition coefficient (Wildman–Crippen LogP) is 6.49. The average molecular weight is 632 g/mol. The summed E-state index contributed by atoms with van der Waals surface area (Å²) in [7, 11) is -3.72. The van der Waals surface area contributed by atoms with E-state index in [4.69, 9.17) is 0 Å². The van der Waals surface area contributed by atoms with Gasteiger partial charge in [0.25, 0.3) is 5.91 Å². The summed E-state index contributed by atoms with van der Waals surface area (Å²) in [6.07, 6.45) is 2.27. The smallest absolute Gasteiger partial charge is 0.267 e. The largest absolute Gasteiger partial charge is 0.280 e. The molecule has 1 aromatic heterocycles. The normalized spacial score (nSPS) is 13.9. The van der Waals surface area contributed by atoms with Crippen LogP contribution in [0.15, 0.2) is 112 Å². The van der Waals surface area contributed by atoms with E-state index in [1.807, 2.05) is 72.8 Å². The zero-order chi connectivity index (χ0) is 27.7. The molecule has 7 nitrogen and oxygen atoms in total. The lowest BCUT2D eigenvalue weighted by atomic mass is 10.0. The Morgan fingerprint density at radius 1 is 0.950 bits per heavy atom. The van der Waals surface area contributed by atoms with Crippen molar-refractivity contribution in [3.8, 4) is 0 Å². The third-order valence-electron chi connectivity index (χ3n) is 6.67. The number of hydrazone groups is 1. The van der Waals surface area contributed by atoms with Crippen LogP contribution >= 0.6 is 27.3 Å². The van der Waals surface area contributed by atoms with Gasteiger partial charge in [0.05, 0.1) is 21.3 Å². The first-order valence-corrected chi connectivity index (χ1v) is 15.6. The van der Waals surface area contributed by atoms with Crippen LogP contribution in [0.4, 0.5) is 5.13 Å². The van der Waals surface area contributed by atoms with E-state index in [-0.39, 0.29) is 4.90 Å². The number of carbonyl (C=O) groups is 1. The van der Waals surface area contributed by atoms with E-state index in [2.05, 4.69) is 26.0 Å². The van der Waals surface area contributed by atoms with E-state index < -0.39 is 15.9 Å². The second-order valence-corrected chi connectivity index (χ2v) is 13.1. The maximum atomic E-state index is 13.7. The Balaban J connectivity index is 1.30. The number of hydrogen-bond acceptors (Lipinski definition) is 6. The van der Waals surface area contributed by atoms with Gasteiger partial charge in [-0.2, -0.15) is 14.4 Å². The van der Waals surface area contributed by atoms with E-state index in [9.17, 15) is 13.2 Å². The average Bonchev–Trinajstić information content (AvgIpc) is 3.40. The van der Waals surface area contributed by atoms with Gasteiger partial charge in [0.15, 0.2) is 0 Å². The predicted molar refractivity (Wildman–Crippen MR) is 162 cm³/mol. The third kappa shape index (κ3) is 5.35. The lowest BCUT2D eigenvalue weighted by Crippen LogP contribution is -2.36. The van der Waals surface area contributed by atoms with Crippen molar-refractivity contribution in [2.75, 3.05) is 11.6 Å². The van der Waals surface area contributed by atoms with Gasteiger partial charge in [0.2, 0.25) is 15.2 Å². The van der Waals surface area contributed by atoms with Crippen molar-refractivity contribution >= 4 is 64.8 Å². The highest BCUT2D eigenvalue weighted by atomic mass is 79.9. The number of thiazole rings is 1. The van der Waals surface area contributed by atoms with Gasteiger partial charge in [-0.05, 0) is 65.6 Å². The minimum atomic E-state index is -3.72. The fourth-order valence-corrected chi connectivity index (χ4v) is 7.44. The van der Waals surface area contributed by atoms with Crippen molar-refractivity contribution in [1.82, 2.24) is 9.29 Å². The van der Waals surface area contributed by atoms with Gasteiger partial charge in [-0.25, -0.2) is 13.4 Å². The molecule has 1 amide bonds. The van der Waals surface area contributed by atoms with Crippen LogP contribution in [0.1, 0.15) is 27.0 Å². The molecule has 0 spiro atoms. The van der Waals surface area contributed by atoms with Gasteiger partial charge in [-0.1, -0.05) is 81.9 Å². The summed E-state index contributed by atoms with van der Waals surface area (Å²) in [4.78, 5) is 18.5. The summed E-state index contributed by atoms with van der Waals surface area (Å²) in [5.74, 6) is -0.416. The monoisotopic (exact) mass is 630 g/mol. The van der Waals surface area contributed by atoms with Crippen molar-refractivity contribution in [2.45, 2.75) is 17.9 Å². The fourth-order valence-electron chi connectivity index (χ4n) is 4.54. The molecule has 1 aliphatic rings. The summed E-state index contributed by atoms with van der Waals surface area (Å²) in [5.41, 5.74) is 4.06. The standard InChI is InChI=1S/C30H23BrN4O3S2/c31-25-12-15-27-28(18-25)39-30(33-27)35(32-19-21-6-2-1-3-7-21)29(36)23-10-13-26(14-11-23)40(37,38)34-17-16-22-8-4-5-9-24(22)20-34/h1-15,18-19H,16-17,20H2/b32-19+. The molecule has 200 valence electrons. The molecule has 2 heterocycles.